The van der Waals surface area contributed by atoms with Crippen LogP contribution >= 0.6 is 0 Å². The lowest BCUT2D eigenvalue weighted by atomic mass is 10.2. The third-order valence-corrected chi connectivity index (χ3v) is 2.44. The summed E-state index contributed by atoms with van der Waals surface area (Å²) in [5, 5.41) is 4.96. The molecule has 1 heterocycles. The quantitative estimate of drug-likeness (QED) is 0.785. The highest BCUT2D eigenvalue weighted by atomic mass is 19.1. The van der Waals surface area contributed by atoms with E-state index in [-0.39, 0.29) is 17.5 Å². The fourth-order valence-electron chi connectivity index (χ4n) is 1.59. The molecular weight excluding hydrogens is 211 g/mol. The van der Waals surface area contributed by atoms with Crippen molar-refractivity contribution in [3.8, 4) is 0 Å². The first-order valence-electron chi connectivity index (χ1n) is 5.01. The highest BCUT2D eigenvalue weighted by Crippen LogP contribution is 2.14. The maximum Gasteiger partial charge on any atom is 0.247 e. The van der Waals surface area contributed by atoms with Crippen molar-refractivity contribution in [2.45, 2.75) is 18.9 Å². The maximum atomic E-state index is 13.2. The first-order valence-corrected chi connectivity index (χ1v) is 5.01. The van der Waals surface area contributed by atoms with Crippen molar-refractivity contribution >= 4 is 17.5 Å². The van der Waals surface area contributed by atoms with Crippen LogP contribution in [-0.4, -0.2) is 17.9 Å². The molecule has 16 heavy (non-hydrogen) atoms. The van der Waals surface area contributed by atoms with E-state index in [4.69, 9.17) is 0 Å². The van der Waals surface area contributed by atoms with E-state index in [9.17, 15) is 14.0 Å². The van der Waals surface area contributed by atoms with Gasteiger partial charge in [-0.25, -0.2) is 4.39 Å². The fourth-order valence-corrected chi connectivity index (χ4v) is 1.59. The summed E-state index contributed by atoms with van der Waals surface area (Å²) >= 11 is 0. The number of rotatable bonds is 2. The highest BCUT2D eigenvalue weighted by Gasteiger charge is 2.27. The minimum Gasteiger partial charge on any atom is -0.344 e. The zero-order chi connectivity index (χ0) is 11.5. The summed E-state index contributed by atoms with van der Waals surface area (Å²) in [5.74, 6) is -1.01. The Hall–Kier alpha value is -1.91. The van der Waals surface area contributed by atoms with E-state index in [1.165, 1.54) is 12.1 Å². The van der Waals surface area contributed by atoms with Gasteiger partial charge in [0.25, 0.3) is 0 Å². The van der Waals surface area contributed by atoms with Crippen LogP contribution in [0.15, 0.2) is 24.3 Å². The number of amides is 2. The normalized spacial score (nSPS) is 19.3. The molecule has 0 unspecified atom stereocenters. The van der Waals surface area contributed by atoms with Crippen LogP contribution in [-0.2, 0) is 9.59 Å². The Bertz CT molecular complexity index is 434. The van der Waals surface area contributed by atoms with E-state index in [1.54, 1.807) is 12.1 Å². The van der Waals surface area contributed by atoms with Crippen LogP contribution in [0.25, 0.3) is 0 Å². The Labute approximate surface area is 91.8 Å². The Morgan fingerprint density at radius 2 is 2.19 bits per heavy atom. The van der Waals surface area contributed by atoms with Gasteiger partial charge in [-0.3, -0.25) is 9.59 Å². The zero-order valence-corrected chi connectivity index (χ0v) is 8.50. The third kappa shape index (κ3) is 2.18. The summed E-state index contributed by atoms with van der Waals surface area (Å²) in [6, 6.07) is 5.37. The molecule has 2 rings (SSSR count). The number of carbonyl (C=O) groups excluding carboxylic acids is 2. The summed E-state index contributed by atoms with van der Waals surface area (Å²) < 4.78 is 13.2. The van der Waals surface area contributed by atoms with Gasteiger partial charge in [0, 0.05) is 6.42 Å². The molecule has 4 nitrogen and oxygen atoms in total. The van der Waals surface area contributed by atoms with Gasteiger partial charge in [0.1, 0.15) is 11.9 Å². The number of hydrogen-bond donors (Lipinski definition) is 2. The molecule has 1 saturated heterocycles. The number of hydrogen-bond acceptors (Lipinski definition) is 2. The van der Waals surface area contributed by atoms with Crippen molar-refractivity contribution in [2.24, 2.45) is 0 Å². The zero-order valence-electron chi connectivity index (χ0n) is 8.50. The van der Waals surface area contributed by atoms with Gasteiger partial charge >= 0.3 is 0 Å². The standard InChI is InChI=1S/C11H11FN2O2/c12-7-3-1-2-4-8(7)14-11(16)9-5-6-10(15)13-9/h1-4,9H,5-6H2,(H,13,15)(H,14,16)/t9-/m0/s1. The lowest BCUT2D eigenvalue weighted by Gasteiger charge is -2.11. The van der Waals surface area contributed by atoms with E-state index >= 15 is 0 Å². The smallest absolute Gasteiger partial charge is 0.247 e. The van der Waals surface area contributed by atoms with Gasteiger partial charge in [0.2, 0.25) is 11.8 Å². The van der Waals surface area contributed by atoms with E-state index in [0.29, 0.717) is 12.8 Å². The summed E-state index contributed by atoms with van der Waals surface area (Å²) in [6.07, 6.45) is 0.800. The van der Waals surface area contributed by atoms with Crippen molar-refractivity contribution in [1.82, 2.24) is 5.32 Å². The van der Waals surface area contributed by atoms with Crippen LogP contribution in [0.4, 0.5) is 10.1 Å². The Kier molecular flexibility index (Phi) is 2.85. The summed E-state index contributed by atoms with van der Waals surface area (Å²) in [5.41, 5.74) is 0.133. The average Bonchev–Trinajstić information content (AvgIpc) is 2.68. The average molecular weight is 222 g/mol. The molecule has 0 spiro atoms. The molecular formula is C11H11FN2O2. The number of nitrogens with one attached hydrogen (secondary N) is 2. The molecule has 1 aliphatic heterocycles. The fraction of sp³-hybridized carbons (Fsp3) is 0.273. The number of halogens is 1. The van der Waals surface area contributed by atoms with E-state index in [0.717, 1.165) is 0 Å². The first kappa shape index (κ1) is 10.6. The van der Waals surface area contributed by atoms with Gasteiger partial charge in [-0.1, -0.05) is 12.1 Å². The summed E-state index contributed by atoms with van der Waals surface area (Å²) in [7, 11) is 0. The Morgan fingerprint density at radius 3 is 2.81 bits per heavy atom. The van der Waals surface area contributed by atoms with Crippen molar-refractivity contribution < 1.29 is 14.0 Å². The Balaban J connectivity index is 2.03. The van der Waals surface area contributed by atoms with Crippen molar-refractivity contribution in [3.63, 3.8) is 0 Å². The van der Waals surface area contributed by atoms with Crippen molar-refractivity contribution in [2.75, 3.05) is 5.32 Å². The minimum absolute atomic E-state index is 0.133. The molecule has 0 aromatic heterocycles. The minimum atomic E-state index is -0.549. The summed E-state index contributed by atoms with van der Waals surface area (Å²) in [4.78, 5) is 22.5. The number of carbonyl (C=O) groups is 2. The molecule has 1 aliphatic rings. The molecule has 2 amide bonds. The number of para-hydroxylation sites is 1. The topological polar surface area (TPSA) is 58.2 Å². The Morgan fingerprint density at radius 1 is 1.44 bits per heavy atom. The number of benzene rings is 1. The van der Waals surface area contributed by atoms with Crippen LogP contribution < -0.4 is 10.6 Å². The van der Waals surface area contributed by atoms with Gasteiger partial charge in [0.05, 0.1) is 5.69 Å². The van der Waals surface area contributed by atoms with Crippen LogP contribution in [0, 0.1) is 5.82 Å². The molecule has 0 aliphatic carbocycles. The van der Waals surface area contributed by atoms with Crippen LogP contribution in [0.3, 0.4) is 0 Å². The van der Waals surface area contributed by atoms with E-state index in [1.807, 2.05) is 0 Å². The lowest BCUT2D eigenvalue weighted by molar-refractivity contribution is -0.122. The van der Waals surface area contributed by atoms with Crippen molar-refractivity contribution in [1.29, 1.82) is 0 Å². The predicted octanol–water partition coefficient (Wildman–Crippen LogP) is 1.04. The molecule has 0 saturated carbocycles. The van der Waals surface area contributed by atoms with Gasteiger partial charge in [-0.05, 0) is 18.6 Å². The molecule has 0 bridgehead atoms. The molecule has 1 atom stereocenters. The van der Waals surface area contributed by atoms with Gasteiger partial charge < -0.3 is 10.6 Å². The largest absolute Gasteiger partial charge is 0.344 e. The summed E-state index contributed by atoms with van der Waals surface area (Å²) in [6.45, 7) is 0. The SMILES string of the molecule is O=C1CC[C@@H](C(=O)Nc2ccccc2F)N1. The van der Waals surface area contributed by atoms with Crippen LogP contribution in [0.1, 0.15) is 12.8 Å². The second kappa shape index (κ2) is 4.30. The van der Waals surface area contributed by atoms with Crippen molar-refractivity contribution in [3.05, 3.63) is 30.1 Å². The molecule has 1 aromatic rings. The second-order valence-electron chi connectivity index (χ2n) is 3.63. The van der Waals surface area contributed by atoms with Crippen LogP contribution in [0.2, 0.25) is 0 Å². The lowest BCUT2D eigenvalue weighted by Crippen LogP contribution is -2.37. The number of anilines is 1. The molecule has 2 N–H and O–H groups in total. The van der Waals surface area contributed by atoms with Crippen LogP contribution in [0.5, 0.6) is 0 Å². The van der Waals surface area contributed by atoms with Gasteiger partial charge in [0.15, 0.2) is 0 Å². The van der Waals surface area contributed by atoms with E-state index in [2.05, 4.69) is 10.6 Å². The third-order valence-electron chi connectivity index (χ3n) is 2.44. The monoisotopic (exact) mass is 222 g/mol. The maximum absolute atomic E-state index is 13.2. The second-order valence-corrected chi connectivity index (χ2v) is 3.63. The molecule has 5 heteroatoms. The van der Waals surface area contributed by atoms with Gasteiger partial charge in [-0.2, -0.15) is 0 Å². The molecule has 0 radical (unpaired) electrons. The molecule has 1 aromatic carbocycles. The van der Waals surface area contributed by atoms with Gasteiger partial charge in [-0.15, -0.1) is 0 Å². The highest BCUT2D eigenvalue weighted by molar-refractivity contribution is 5.99. The molecule has 1 fully saturated rings. The first-order chi connectivity index (χ1) is 7.66. The van der Waals surface area contributed by atoms with E-state index < -0.39 is 11.9 Å². The molecule has 84 valence electrons. The predicted molar refractivity (Wildman–Crippen MR) is 56.2 cm³/mol.